The van der Waals surface area contributed by atoms with Crippen LogP contribution in [0.5, 0.6) is 5.75 Å². The fourth-order valence-corrected chi connectivity index (χ4v) is 1.41. The van der Waals surface area contributed by atoms with Crippen LogP contribution < -0.4 is 10.1 Å². The third-order valence-electron chi connectivity index (χ3n) is 2.91. The first kappa shape index (κ1) is 13.0. The zero-order valence-corrected chi connectivity index (χ0v) is 10.8. The number of nitrogens with one attached hydrogen (secondary N) is 1. The van der Waals surface area contributed by atoms with E-state index in [1.54, 1.807) is 0 Å². The molecule has 1 N–H and O–H groups in total. The van der Waals surface area contributed by atoms with Crippen molar-refractivity contribution in [3.63, 3.8) is 0 Å². The molecule has 0 aliphatic carbocycles. The Labute approximate surface area is 99.0 Å². The molecule has 0 aromatic heterocycles. The summed E-state index contributed by atoms with van der Waals surface area (Å²) < 4.78 is 5.60. The van der Waals surface area contributed by atoms with Gasteiger partial charge in [0.25, 0.3) is 0 Å². The second-order valence-electron chi connectivity index (χ2n) is 4.63. The molecule has 0 aliphatic rings. The van der Waals surface area contributed by atoms with Gasteiger partial charge in [-0.25, -0.2) is 0 Å². The van der Waals surface area contributed by atoms with Gasteiger partial charge in [-0.2, -0.15) is 0 Å². The van der Waals surface area contributed by atoms with Crippen LogP contribution >= 0.6 is 0 Å². The fraction of sp³-hybridized carbons (Fsp3) is 0.571. The van der Waals surface area contributed by atoms with E-state index in [1.165, 1.54) is 5.56 Å². The number of rotatable bonds is 6. The first-order valence-corrected chi connectivity index (χ1v) is 6.05. The lowest BCUT2D eigenvalue weighted by Crippen LogP contribution is -2.37. The lowest BCUT2D eigenvalue weighted by Gasteiger charge is -2.25. The van der Waals surface area contributed by atoms with Gasteiger partial charge in [0.2, 0.25) is 0 Å². The maximum absolute atomic E-state index is 5.60. The van der Waals surface area contributed by atoms with Crippen molar-refractivity contribution in [1.29, 1.82) is 0 Å². The van der Waals surface area contributed by atoms with E-state index >= 15 is 0 Å². The van der Waals surface area contributed by atoms with Gasteiger partial charge in [0.05, 0.1) is 6.61 Å². The van der Waals surface area contributed by atoms with E-state index < -0.39 is 0 Å². The van der Waals surface area contributed by atoms with E-state index in [0.717, 1.165) is 18.7 Å². The van der Waals surface area contributed by atoms with E-state index in [2.05, 4.69) is 38.2 Å². The fourth-order valence-electron chi connectivity index (χ4n) is 1.41. The van der Waals surface area contributed by atoms with Crippen LogP contribution in [0, 0.1) is 0 Å². The van der Waals surface area contributed by atoms with Crippen LogP contribution in [0.2, 0.25) is 0 Å². The second kappa shape index (κ2) is 5.90. The van der Waals surface area contributed by atoms with Crippen molar-refractivity contribution in [2.75, 3.05) is 6.61 Å². The van der Waals surface area contributed by atoms with Crippen LogP contribution in [0.25, 0.3) is 0 Å². The van der Waals surface area contributed by atoms with Crippen molar-refractivity contribution in [2.45, 2.75) is 46.2 Å². The maximum Gasteiger partial charge on any atom is 0.123 e. The average molecular weight is 221 g/mol. The van der Waals surface area contributed by atoms with E-state index in [9.17, 15) is 0 Å². The van der Waals surface area contributed by atoms with Crippen LogP contribution in [0.15, 0.2) is 24.3 Å². The van der Waals surface area contributed by atoms with Crippen molar-refractivity contribution in [2.24, 2.45) is 0 Å². The molecule has 1 aromatic rings. The first-order valence-electron chi connectivity index (χ1n) is 6.05. The Hall–Kier alpha value is -1.02. The molecule has 2 nitrogen and oxygen atoms in total. The monoisotopic (exact) mass is 221 g/mol. The van der Waals surface area contributed by atoms with Gasteiger partial charge in [-0.1, -0.05) is 25.1 Å². The minimum Gasteiger partial charge on any atom is -0.494 e. The summed E-state index contributed by atoms with van der Waals surface area (Å²) in [6.07, 6.45) is 1.11. The molecule has 0 saturated heterocycles. The lowest BCUT2D eigenvalue weighted by molar-refractivity contribution is 0.328. The van der Waals surface area contributed by atoms with Gasteiger partial charge < -0.3 is 10.1 Å². The van der Waals surface area contributed by atoms with Crippen molar-refractivity contribution in [3.05, 3.63) is 29.8 Å². The molecule has 1 rings (SSSR count). The summed E-state index contributed by atoms with van der Waals surface area (Å²) >= 11 is 0. The zero-order chi connectivity index (χ0) is 12.0. The van der Waals surface area contributed by atoms with Crippen LogP contribution in [-0.2, 0) is 6.54 Å². The molecular weight excluding hydrogens is 198 g/mol. The summed E-state index contributed by atoms with van der Waals surface area (Å²) in [6, 6.07) is 8.21. The van der Waals surface area contributed by atoms with Crippen molar-refractivity contribution in [3.8, 4) is 5.75 Å². The molecule has 90 valence electrons. The van der Waals surface area contributed by atoms with Crippen LogP contribution in [-0.4, -0.2) is 12.1 Å². The van der Waals surface area contributed by atoms with Gasteiger partial charge in [-0.05, 0) is 33.3 Å². The van der Waals surface area contributed by atoms with Crippen molar-refractivity contribution < 1.29 is 4.74 Å². The van der Waals surface area contributed by atoms with Crippen molar-refractivity contribution >= 4 is 0 Å². The summed E-state index contributed by atoms with van der Waals surface area (Å²) in [5.74, 6) is 0.990. The highest BCUT2D eigenvalue weighted by molar-refractivity contribution is 5.33. The van der Waals surface area contributed by atoms with Gasteiger partial charge in [0.15, 0.2) is 0 Å². The standard InChI is InChI=1S/C14H23NO/c1-5-14(3,4)15-11-12-9-7-8-10-13(12)16-6-2/h7-10,15H,5-6,11H2,1-4H3. The summed E-state index contributed by atoms with van der Waals surface area (Å²) in [4.78, 5) is 0. The normalized spacial score (nSPS) is 11.5. The van der Waals surface area contributed by atoms with Gasteiger partial charge in [-0.15, -0.1) is 0 Å². The van der Waals surface area contributed by atoms with Gasteiger partial charge in [-0.3, -0.25) is 0 Å². The molecule has 16 heavy (non-hydrogen) atoms. The van der Waals surface area contributed by atoms with Crippen molar-refractivity contribution in [1.82, 2.24) is 5.32 Å². The van der Waals surface area contributed by atoms with E-state index in [1.807, 2.05) is 19.1 Å². The lowest BCUT2D eigenvalue weighted by atomic mass is 10.0. The quantitative estimate of drug-likeness (QED) is 0.795. The molecule has 0 atom stereocenters. The zero-order valence-electron chi connectivity index (χ0n) is 10.8. The van der Waals surface area contributed by atoms with E-state index in [4.69, 9.17) is 4.74 Å². The predicted molar refractivity (Wildman–Crippen MR) is 68.8 cm³/mol. The molecule has 0 unspecified atom stereocenters. The number of benzene rings is 1. The Morgan fingerprint density at radius 3 is 2.50 bits per heavy atom. The molecule has 0 spiro atoms. The average Bonchev–Trinajstić information content (AvgIpc) is 2.28. The highest BCUT2D eigenvalue weighted by atomic mass is 16.5. The van der Waals surface area contributed by atoms with E-state index in [-0.39, 0.29) is 5.54 Å². The smallest absolute Gasteiger partial charge is 0.123 e. The van der Waals surface area contributed by atoms with Gasteiger partial charge in [0.1, 0.15) is 5.75 Å². The Kier molecular flexibility index (Phi) is 4.81. The number of para-hydroxylation sites is 1. The topological polar surface area (TPSA) is 21.3 Å². The Balaban J connectivity index is 2.66. The number of hydrogen-bond donors (Lipinski definition) is 1. The summed E-state index contributed by atoms with van der Waals surface area (Å²) in [6.45, 7) is 10.2. The highest BCUT2D eigenvalue weighted by Gasteiger charge is 2.14. The molecule has 0 amide bonds. The molecule has 0 bridgehead atoms. The first-order chi connectivity index (χ1) is 7.59. The summed E-state index contributed by atoms with van der Waals surface area (Å²) in [7, 11) is 0. The Morgan fingerprint density at radius 2 is 1.88 bits per heavy atom. The van der Waals surface area contributed by atoms with Crippen LogP contribution in [0.1, 0.15) is 39.7 Å². The minimum atomic E-state index is 0.180. The molecule has 0 radical (unpaired) electrons. The molecular formula is C14H23NO. The number of ether oxygens (including phenoxy) is 1. The SMILES string of the molecule is CCOc1ccccc1CNC(C)(C)CC. The predicted octanol–water partition coefficient (Wildman–Crippen LogP) is 3.36. The third-order valence-corrected chi connectivity index (χ3v) is 2.91. The molecule has 1 aromatic carbocycles. The minimum absolute atomic E-state index is 0.180. The molecule has 0 heterocycles. The molecule has 0 aliphatic heterocycles. The van der Waals surface area contributed by atoms with Gasteiger partial charge in [0, 0.05) is 17.6 Å². The molecule has 0 saturated carbocycles. The Bertz CT molecular complexity index is 320. The maximum atomic E-state index is 5.60. The van der Waals surface area contributed by atoms with Crippen LogP contribution in [0.4, 0.5) is 0 Å². The summed E-state index contributed by atoms with van der Waals surface area (Å²) in [5, 5.41) is 3.54. The largest absolute Gasteiger partial charge is 0.494 e. The Morgan fingerprint density at radius 1 is 1.19 bits per heavy atom. The van der Waals surface area contributed by atoms with Gasteiger partial charge >= 0.3 is 0 Å². The van der Waals surface area contributed by atoms with Crippen LogP contribution in [0.3, 0.4) is 0 Å². The number of hydrogen-bond acceptors (Lipinski definition) is 2. The summed E-state index contributed by atoms with van der Waals surface area (Å²) in [5.41, 5.74) is 1.41. The molecule has 2 heteroatoms. The highest BCUT2D eigenvalue weighted by Crippen LogP contribution is 2.19. The molecule has 0 fully saturated rings. The van der Waals surface area contributed by atoms with E-state index in [0.29, 0.717) is 6.61 Å². The second-order valence-corrected chi connectivity index (χ2v) is 4.63. The third kappa shape index (κ3) is 3.86.